The molecule has 3 radical (unpaired) electrons. The van der Waals surface area contributed by atoms with Crippen LogP contribution in [0.15, 0.2) is 72.8 Å². The number of benzene rings is 4. The van der Waals surface area contributed by atoms with E-state index in [2.05, 4.69) is 115 Å². The standard InChI is InChI=1S/C26H28BN3P/c1-5-30(6-2)31(27)28(3)23-17-15-19-11-7-9-13-21(19)25(23)26-22-14-10-8-12-20(22)16-18-24(26)29(31)4/h7-18H,5-6H2,1-4H3. The van der Waals surface area contributed by atoms with Crippen molar-refractivity contribution < 1.29 is 0 Å². The van der Waals surface area contributed by atoms with Crippen LogP contribution in [0.4, 0.5) is 11.4 Å². The van der Waals surface area contributed by atoms with Crippen molar-refractivity contribution in [1.29, 1.82) is 0 Å². The summed E-state index contributed by atoms with van der Waals surface area (Å²) in [5, 5.41) is 5.04. The maximum atomic E-state index is 7.42. The molecule has 3 nitrogen and oxygen atoms in total. The minimum Gasteiger partial charge on any atom is -0.266 e. The summed E-state index contributed by atoms with van der Waals surface area (Å²) in [6.45, 7) is 6.21. The van der Waals surface area contributed by atoms with Crippen LogP contribution in [0.1, 0.15) is 13.8 Å². The summed E-state index contributed by atoms with van der Waals surface area (Å²) < 4.78 is 7.14. The first-order valence-electron chi connectivity index (χ1n) is 11.0. The lowest BCUT2D eigenvalue weighted by Gasteiger charge is -2.54. The van der Waals surface area contributed by atoms with Gasteiger partial charge in [-0.3, -0.25) is 9.34 Å². The van der Waals surface area contributed by atoms with Crippen LogP contribution in [0.3, 0.4) is 0 Å². The third-order valence-corrected chi connectivity index (χ3v) is 10.4. The Labute approximate surface area is 187 Å². The highest BCUT2D eigenvalue weighted by atomic mass is 31.2. The highest BCUT2D eigenvalue weighted by molar-refractivity contribution is 7.97. The molecule has 0 saturated carbocycles. The fourth-order valence-electron chi connectivity index (χ4n) is 5.12. The van der Waals surface area contributed by atoms with E-state index in [1.807, 2.05) is 0 Å². The molecule has 0 unspecified atom stereocenters. The van der Waals surface area contributed by atoms with Gasteiger partial charge in [0.15, 0.2) is 0 Å². The van der Waals surface area contributed by atoms with E-state index >= 15 is 0 Å². The number of fused-ring (bicyclic) bond motifs is 7. The van der Waals surface area contributed by atoms with Gasteiger partial charge in [-0.25, -0.2) is 7.57 Å². The fourth-order valence-corrected chi connectivity index (χ4v) is 8.08. The van der Waals surface area contributed by atoms with Gasteiger partial charge in [-0.05, 0) is 55.1 Å². The molecule has 0 amide bonds. The minimum absolute atomic E-state index is 0.904. The van der Waals surface area contributed by atoms with E-state index < -0.39 is 7.59 Å². The van der Waals surface area contributed by atoms with E-state index in [0.717, 1.165) is 13.1 Å². The average molecular weight is 424 g/mol. The molecule has 0 fully saturated rings. The maximum absolute atomic E-state index is 7.42. The zero-order valence-corrected chi connectivity index (χ0v) is 19.6. The smallest absolute Gasteiger partial charge is 0.0800 e. The summed E-state index contributed by atoms with van der Waals surface area (Å²) in [6, 6.07) is 26.4. The molecule has 1 aliphatic heterocycles. The second kappa shape index (κ2) is 7.55. The summed E-state index contributed by atoms with van der Waals surface area (Å²) in [7, 11) is 9.44. The number of hydrogen-bond donors (Lipinski definition) is 0. The number of anilines is 2. The summed E-state index contributed by atoms with van der Waals surface area (Å²) >= 11 is 0. The molecule has 0 N–H and O–H groups in total. The molecule has 0 spiro atoms. The summed E-state index contributed by atoms with van der Waals surface area (Å²) in [5.41, 5.74) is 4.95. The molecule has 155 valence electrons. The van der Waals surface area contributed by atoms with E-state index in [4.69, 9.17) is 7.57 Å². The lowest BCUT2D eigenvalue weighted by molar-refractivity contribution is 0.499. The van der Waals surface area contributed by atoms with Gasteiger partial charge in [0.05, 0.1) is 11.4 Å². The van der Waals surface area contributed by atoms with Crippen LogP contribution in [-0.4, -0.2) is 39.4 Å². The van der Waals surface area contributed by atoms with E-state index in [1.54, 1.807) is 0 Å². The molecule has 4 aromatic carbocycles. The lowest BCUT2D eigenvalue weighted by atomic mass is 9.91. The SMILES string of the molecule is [B-][P+]1(N(CC)CC)N(C)c2ccc3ccccc3c2-c2c(ccc3ccccc23)N1C. The monoisotopic (exact) mass is 424 g/mol. The Balaban J connectivity index is 1.98. The van der Waals surface area contributed by atoms with Crippen molar-refractivity contribution in [1.82, 2.24) is 4.67 Å². The van der Waals surface area contributed by atoms with Crippen molar-refractivity contribution in [2.75, 3.05) is 36.5 Å². The van der Waals surface area contributed by atoms with Gasteiger partial charge in [-0.2, -0.15) is 4.67 Å². The van der Waals surface area contributed by atoms with Gasteiger partial charge in [0.2, 0.25) is 0 Å². The van der Waals surface area contributed by atoms with Crippen LogP contribution in [0, 0.1) is 0 Å². The van der Waals surface area contributed by atoms with Gasteiger partial charge < -0.3 is 0 Å². The normalized spacial score (nSPS) is 15.3. The van der Waals surface area contributed by atoms with Gasteiger partial charge in [-0.15, -0.1) is 0 Å². The Kier molecular flexibility index (Phi) is 4.96. The minimum atomic E-state index is -2.32. The van der Waals surface area contributed by atoms with Crippen molar-refractivity contribution in [2.45, 2.75) is 13.8 Å². The Morgan fingerprint density at radius 2 is 1.10 bits per heavy atom. The average Bonchev–Trinajstić information content (AvgIpc) is 2.88. The van der Waals surface area contributed by atoms with Crippen molar-refractivity contribution in [3.05, 3.63) is 72.8 Å². The third kappa shape index (κ3) is 2.82. The lowest BCUT2D eigenvalue weighted by Crippen LogP contribution is -2.42. The highest BCUT2D eigenvalue weighted by Crippen LogP contribution is 2.69. The van der Waals surface area contributed by atoms with E-state index in [1.165, 1.54) is 44.0 Å². The largest absolute Gasteiger partial charge is 0.266 e. The Morgan fingerprint density at radius 1 is 0.677 bits per heavy atom. The van der Waals surface area contributed by atoms with Gasteiger partial charge in [0, 0.05) is 38.3 Å². The van der Waals surface area contributed by atoms with E-state index in [9.17, 15) is 0 Å². The molecule has 1 heterocycles. The van der Waals surface area contributed by atoms with Crippen molar-refractivity contribution in [3.63, 3.8) is 0 Å². The fraction of sp³-hybridized carbons (Fsp3) is 0.231. The topological polar surface area (TPSA) is 9.72 Å². The number of hydrogen-bond acceptors (Lipinski definition) is 3. The molecule has 5 heteroatoms. The van der Waals surface area contributed by atoms with E-state index in [0.29, 0.717) is 0 Å². The van der Waals surface area contributed by atoms with Crippen molar-refractivity contribution >= 4 is 48.1 Å². The van der Waals surface area contributed by atoms with Gasteiger partial charge in [-0.1, -0.05) is 60.7 Å². The van der Waals surface area contributed by atoms with Crippen LogP contribution >= 0.6 is 7.59 Å². The molecule has 1 aliphatic rings. The van der Waals surface area contributed by atoms with Crippen molar-refractivity contribution in [2.24, 2.45) is 0 Å². The number of nitrogens with zero attached hydrogens (tertiary/aromatic N) is 3. The molecular weight excluding hydrogens is 396 g/mol. The Hall–Kier alpha value is -2.55. The summed E-state index contributed by atoms with van der Waals surface area (Å²) in [5.74, 6) is 0. The molecule has 0 aliphatic carbocycles. The molecule has 5 rings (SSSR count). The zero-order chi connectivity index (χ0) is 21.8. The maximum Gasteiger partial charge on any atom is 0.0800 e. The molecular formula is C26H28BN3P. The highest BCUT2D eigenvalue weighted by Gasteiger charge is 2.41. The first-order valence-corrected chi connectivity index (χ1v) is 12.7. The zero-order valence-electron chi connectivity index (χ0n) is 18.7. The second-order valence-corrected chi connectivity index (χ2v) is 11.2. The molecule has 0 aromatic heterocycles. The first-order chi connectivity index (χ1) is 15.0. The molecule has 4 aromatic rings. The summed E-state index contributed by atoms with van der Waals surface area (Å²) in [4.78, 5) is 0. The van der Waals surface area contributed by atoms with Gasteiger partial charge in [0.1, 0.15) is 0 Å². The van der Waals surface area contributed by atoms with E-state index in [-0.39, 0.29) is 0 Å². The third-order valence-electron chi connectivity index (χ3n) is 6.79. The van der Waals surface area contributed by atoms with Gasteiger partial charge in [0.25, 0.3) is 0 Å². The van der Waals surface area contributed by atoms with Gasteiger partial charge >= 0.3 is 0 Å². The second-order valence-electron chi connectivity index (χ2n) is 8.16. The molecule has 0 bridgehead atoms. The van der Waals surface area contributed by atoms with Crippen LogP contribution in [-0.2, 0) is 0 Å². The Bertz CT molecular complexity index is 1190. The first kappa shape index (κ1) is 20.4. The summed E-state index contributed by atoms with van der Waals surface area (Å²) in [6.07, 6.45) is 0. The van der Waals surface area contributed by atoms with Crippen LogP contribution in [0.5, 0.6) is 0 Å². The Morgan fingerprint density at radius 3 is 1.52 bits per heavy atom. The molecule has 0 saturated heterocycles. The van der Waals surface area contributed by atoms with Crippen LogP contribution in [0.2, 0.25) is 0 Å². The van der Waals surface area contributed by atoms with Crippen LogP contribution < -0.4 is 9.34 Å². The quantitative estimate of drug-likeness (QED) is 0.267. The molecule has 0 atom stereocenters. The predicted octanol–water partition coefficient (Wildman–Crippen LogP) is 6.73. The number of rotatable bonds is 3. The van der Waals surface area contributed by atoms with Crippen molar-refractivity contribution in [3.8, 4) is 11.1 Å². The molecule has 31 heavy (non-hydrogen) atoms. The predicted molar refractivity (Wildman–Crippen MR) is 139 cm³/mol. The van der Waals surface area contributed by atoms with Crippen LogP contribution in [0.25, 0.3) is 32.7 Å².